The van der Waals surface area contributed by atoms with E-state index in [1.54, 1.807) is 6.20 Å². The molecule has 0 amide bonds. The minimum absolute atomic E-state index is 0.457. The van der Waals surface area contributed by atoms with Crippen LogP contribution in [0.2, 0.25) is 5.02 Å². The predicted octanol–water partition coefficient (Wildman–Crippen LogP) is 4.62. The van der Waals surface area contributed by atoms with Crippen LogP contribution in [0.4, 0.5) is 5.69 Å². The molecule has 0 fully saturated rings. The van der Waals surface area contributed by atoms with E-state index >= 15 is 0 Å². The number of hydrogen-bond acceptors (Lipinski definition) is 2. The zero-order valence-corrected chi connectivity index (χ0v) is 11.0. The number of nitrogens with zero attached hydrogens (tertiary/aromatic N) is 1. The van der Waals surface area contributed by atoms with E-state index in [9.17, 15) is 0 Å². The van der Waals surface area contributed by atoms with Gasteiger partial charge in [-0.05, 0) is 24.3 Å². The van der Waals surface area contributed by atoms with Gasteiger partial charge in [0.15, 0.2) is 0 Å². The highest BCUT2D eigenvalue weighted by Gasteiger charge is 2.05. The maximum atomic E-state index is 6.09. The average Bonchev–Trinajstić information content (AvgIpc) is 2.38. The smallest absolute Gasteiger partial charge is 0.0948 e. The molecule has 0 atom stereocenters. The number of pyridine rings is 1. The molecule has 0 saturated heterocycles. The highest BCUT2D eigenvalue weighted by molar-refractivity contribution is 6.37. The minimum Gasteiger partial charge on any atom is -0.378 e. The monoisotopic (exact) mass is 286 g/mol. The van der Waals surface area contributed by atoms with Gasteiger partial charge in [0.2, 0.25) is 0 Å². The third-order valence-corrected chi connectivity index (χ3v) is 3.23. The van der Waals surface area contributed by atoms with Crippen LogP contribution in [0, 0.1) is 0 Å². The second-order valence-electron chi connectivity index (χ2n) is 3.40. The number of aromatic nitrogens is 1. The zero-order valence-electron chi connectivity index (χ0n) is 8.75. The van der Waals surface area contributed by atoms with Gasteiger partial charge in [0.1, 0.15) is 0 Å². The van der Waals surface area contributed by atoms with Crippen LogP contribution in [0.15, 0.2) is 41.0 Å². The van der Waals surface area contributed by atoms with Crippen LogP contribution < -0.4 is 5.32 Å². The molecule has 88 valence electrons. The zero-order chi connectivity index (χ0) is 12.3. The van der Waals surface area contributed by atoms with Gasteiger partial charge in [0, 0.05) is 22.2 Å². The lowest BCUT2D eigenvalue weighted by Crippen LogP contribution is -2.02. The van der Waals surface area contributed by atoms with E-state index in [0.29, 0.717) is 16.6 Å². The van der Waals surface area contributed by atoms with Crippen molar-refractivity contribution in [2.75, 3.05) is 11.9 Å². The summed E-state index contributed by atoms with van der Waals surface area (Å²) >= 11 is 17.4. The molecular formula is C12H9Cl3N2. The Morgan fingerprint density at radius 3 is 2.94 bits per heavy atom. The Kier molecular flexibility index (Phi) is 4.11. The van der Waals surface area contributed by atoms with Gasteiger partial charge in [-0.25, -0.2) is 0 Å². The molecule has 2 rings (SSSR count). The summed E-state index contributed by atoms with van der Waals surface area (Å²) in [6, 6.07) is 7.47. The summed E-state index contributed by atoms with van der Waals surface area (Å²) in [6.45, 7) is 0.457. The van der Waals surface area contributed by atoms with Crippen molar-refractivity contribution in [3.05, 3.63) is 46.1 Å². The van der Waals surface area contributed by atoms with E-state index in [0.717, 1.165) is 16.6 Å². The van der Waals surface area contributed by atoms with Crippen LogP contribution in [0.25, 0.3) is 10.9 Å². The quantitative estimate of drug-likeness (QED) is 0.891. The molecule has 0 unspecified atom stereocenters. The Bertz CT molecular complexity index is 567. The van der Waals surface area contributed by atoms with Crippen molar-refractivity contribution >= 4 is 51.4 Å². The van der Waals surface area contributed by atoms with Crippen LogP contribution in [0.1, 0.15) is 0 Å². The highest BCUT2D eigenvalue weighted by atomic mass is 35.5. The Balaban J connectivity index is 2.38. The second kappa shape index (κ2) is 5.58. The predicted molar refractivity (Wildman–Crippen MR) is 75.0 cm³/mol. The Hall–Kier alpha value is -0.960. The van der Waals surface area contributed by atoms with E-state index in [1.165, 1.54) is 5.54 Å². The van der Waals surface area contributed by atoms with Crippen LogP contribution in [-0.2, 0) is 0 Å². The molecule has 0 spiro atoms. The van der Waals surface area contributed by atoms with Crippen LogP contribution in [-0.4, -0.2) is 11.5 Å². The molecule has 2 nitrogen and oxygen atoms in total. The maximum Gasteiger partial charge on any atom is 0.0948 e. The van der Waals surface area contributed by atoms with Crippen LogP contribution in [0.5, 0.6) is 0 Å². The Labute approximate surface area is 114 Å². The first-order valence-corrected chi connectivity index (χ1v) is 6.13. The summed E-state index contributed by atoms with van der Waals surface area (Å²) in [7, 11) is 0. The number of nitrogens with one attached hydrogen (secondary N) is 1. The van der Waals surface area contributed by atoms with E-state index in [4.69, 9.17) is 34.8 Å². The topological polar surface area (TPSA) is 24.9 Å². The van der Waals surface area contributed by atoms with E-state index < -0.39 is 0 Å². The van der Waals surface area contributed by atoms with Crippen molar-refractivity contribution in [3.63, 3.8) is 0 Å². The van der Waals surface area contributed by atoms with E-state index in [1.807, 2.05) is 24.3 Å². The molecule has 1 aromatic heterocycles. The molecule has 0 aliphatic heterocycles. The largest absolute Gasteiger partial charge is 0.378 e. The van der Waals surface area contributed by atoms with Crippen molar-refractivity contribution in [2.45, 2.75) is 0 Å². The number of fused-ring (bicyclic) bond motifs is 1. The van der Waals surface area contributed by atoms with Gasteiger partial charge < -0.3 is 5.32 Å². The summed E-state index contributed by atoms with van der Waals surface area (Å²) < 4.78 is 0. The van der Waals surface area contributed by atoms with Crippen LogP contribution >= 0.6 is 34.8 Å². The van der Waals surface area contributed by atoms with Crippen molar-refractivity contribution in [2.24, 2.45) is 0 Å². The van der Waals surface area contributed by atoms with Gasteiger partial charge in [-0.15, -0.1) is 0 Å². The number of benzene rings is 1. The highest BCUT2D eigenvalue weighted by Crippen LogP contribution is 2.28. The summed E-state index contributed by atoms with van der Waals surface area (Å²) in [4.78, 5) is 4.30. The molecule has 1 aromatic carbocycles. The number of halogens is 3. The van der Waals surface area contributed by atoms with E-state index in [-0.39, 0.29) is 0 Å². The van der Waals surface area contributed by atoms with Crippen molar-refractivity contribution < 1.29 is 0 Å². The third kappa shape index (κ3) is 2.83. The number of rotatable bonds is 3. The first kappa shape index (κ1) is 12.5. The molecule has 0 aliphatic carbocycles. The van der Waals surface area contributed by atoms with Gasteiger partial charge in [-0.3, -0.25) is 4.98 Å². The lowest BCUT2D eigenvalue weighted by molar-refractivity contribution is 1.30. The maximum absolute atomic E-state index is 6.09. The molecule has 17 heavy (non-hydrogen) atoms. The fraction of sp³-hybridized carbons (Fsp3) is 0.0833. The molecular weight excluding hydrogens is 279 g/mol. The van der Waals surface area contributed by atoms with Crippen LogP contribution in [0.3, 0.4) is 0 Å². The molecule has 0 aliphatic rings. The molecule has 0 radical (unpaired) electrons. The summed E-state index contributed by atoms with van der Waals surface area (Å²) in [5.74, 6) is 0. The molecule has 5 heteroatoms. The Morgan fingerprint density at radius 1 is 1.35 bits per heavy atom. The van der Waals surface area contributed by atoms with Gasteiger partial charge in [-0.2, -0.15) is 0 Å². The minimum atomic E-state index is 0.457. The van der Waals surface area contributed by atoms with Crippen molar-refractivity contribution in [1.29, 1.82) is 0 Å². The Morgan fingerprint density at radius 2 is 2.18 bits per heavy atom. The second-order valence-corrected chi connectivity index (χ2v) is 4.51. The molecule has 2 aromatic rings. The first-order valence-electron chi connectivity index (χ1n) is 4.94. The fourth-order valence-electron chi connectivity index (χ4n) is 1.50. The van der Waals surface area contributed by atoms with Crippen molar-refractivity contribution in [3.8, 4) is 0 Å². The van der Waals surface area contributed by atoms with E-state index in [2.05, 4.69) is 10.3 Å². The normalized spacial score (nSPS) is 11.8. The molecule has 1 N–H and O–H groups in total. The fourth-order valence-corrected chi connectivity index (χ4v) is 1.86. The van der Waals surface area contributed by atoms with Gasteiger partial charge in [-0.1, -0.05) is 34.8 Å². The SMILES string of the molecule is Cl/C=C(/Cl)CNc1ccc(Cl)c2cccnc12. The summed E-state index contributed by atoms with van der Waals surface area (Å²) in [5, 5.41) is 5.28. The van der Waals surface area contributed by atoms with Gasteiger partial charge in [0.25, 0.3) is 0 Å². The first-order chi connectivity index (χ1) is 8.22. The lowest BCUT2D eigenvalue weighted by Gasteiger charge is -2.09. The number of anilines is 1. The van der Waals surface area contributed by atoms with Gasteiger partial charge in [0.05, 0.1) is 22.8 Å². The third-order valence-electron chi connectivity index (χ3n) is 2.28. The molecule has 0 bridgehead atoms. The number of hydrogen-bond donors (Lipinski definition) is 1. The summed E-state index contributed by atoms with van der Waals surface area (Å²) in [5.41, 5.74) is 3.03. The standard InChI is InChI=1S/C12H9Cl3N2/c13-6-8(14)7-17-11-4-3-10(15)9-2-1-5-16-12(9)11/h1-6,17H,7H2/b8-6+. The summed E-state index contributed by atoms with van der Waals surface area (Å²) in [6.07, 6.45) is 1.73. The lowest BCUT2D eigenvalue weighted by atomic mass is 10.2. The van der Waals surface area contributed by atoms with Crippen molar-refractivity contribution in [1.82, 2.24) is 4.98 Å². The average molecular weight is 288 g/mol. The molecule has 1 heterocycles. The molecule has 0 saturated carbocycles. The van der Waals surface area contributed by atoms with Gasteiger partial charge >= 0.3 is 0 Å².